The van der Waals surface area contributed by atoms with Gasteiger partial charge in [0.2, 0.25) is 0 Å². The summed E-state index contributed by atoms with van der Waals surface area (Å²) in [5.74, 6) is 1.03. The maximum absolute atomic E-state index is 10.3. The van der Waals surface area contributed by atoms with Crippen LogP contribution in [0.2, 0.25) is 0 Å². The molecule has 78 valence electrons. The molecule has 5 heteroatoms. The summed E-state index contributed by atoms with van der Waals surface area (Å²) in [7, 11) is 0. The molecule has 0 aromatic carbocycles. The molecule has 0 aromatic heterocycles. The van der Waals surface area contributed by atoms with E-state index >= 15 is 0 Å². The van der Waals surface area contributed by atoms with E-state index in [2.05, 4.69) is 10.6 Å². The quantitative estimate of drug-likeness (QED) is 0.430. The molecule has 0 amide bonds. The molecule has 2 unspecified atom stereocenters. The fourth-order valence-electron chi connectivity index (χ4n) is 1.56. The summed E-state index contributed by atoms with van der Waals surface area (Å²) < 4.78 is 18.8. The molecule has 0 saturated carbocycles. The van der Waals surface area contributed by atoms with E-state index in [1.54, 1.807) is 0 Å². The average molecular weight is 206 g/mol. The highest BCUT2D eigenvalue weighted by molar-refractivity contribution is 7.79. The summed E-state index contributed by atoms with van der Waals surface area (Å²) in [6.45, 7) is 3.82. The largest absolute Gasteiger partial charge is 0.316 e. The van der Waals surface area contributed by atoms with E-state index in [-0.39, 0.29) is 0 Å². The highest BCUT2D eigenvalue weighted by atomic mass is 32.2. The molecule has 0 aliphatic carbocycles. The molecule has 0 radical (unpaired) electrons. The Hall–Kier alpha value is 0.0300. The van der Waals surface area contributed by atoms with Crippen LogP contribution in [0.25, 0.3) is 0 Å². The molecule has 4 nitrogen and oxygen atoms in total. The summed E-state index contributed by atoms with van der Waals surface area (Å²) in [6, 6.07) is 0. The van der Waals surface area contributed by atoms with Gasteiger partial charge in [-0.2, -0.15) is 0 Å². The second-order valence-electron chi connectivity index (χ2n) is 3.44. The Labute approximate surface area is 81.8 Å². The molecule has 1 saturated heterocycles. The Bertz CT molecular complexity index is 160. The second kappa shape index (κ2) is 6.48. The average Bonchev–Trinajstić information content (AvgIpc) is 2.14. The lowest BCUT2D eigenvalue weighted by Gasteiger charge is -2.22. The molecule has 1 aliphatic heterocycles. The van der Waals surface area contributed by atoms with Crippen molar-refractivity contribution in [1.82, 2.24) is 10.6 Å². The molecule has 2 atom stereocenters. The van der Waals surface area contributed by atoms with Gasteiger partial charge in [-0.1, -0.05) is 0 Å². The van der Waals surface area contributed by atoms with Gasteiger partial charge in [0.15, 0.2) is 11.1 Å². The summed E-state index contributed by atoms with van der Waals surface area (Å²) in [6.07, 6.45) is 2.51. The van der Waals surface area contributed by atoms with Crippen molar-refractivity contribution < 1.29 is 8.76 Å². The van der Waals surface area contributed by atoms with Gasteiger partial charge in [0.1, 0.15) is 0 Å². The van der Waals surface area contributed by atoms with Crippen LogP contribution in [0, 0.1) is 5.92 Å². The number of rotatable bonds is 5. The third-order valence-corrected chi connectivity index (χ3v) is 2.84. The molecule has 1 aliphatic rings. The standard InChI is InChI=1S/C8H18N2O2S/c11-13(12)5-4-10-7-8-2-1-3-9-6-8/h8-10H,1-7H2,(H,11,12). The number of hydrogen-bond donors (Lipinski definition) is 3. The van der Waals surface area contributed by atoms with Gasteiger partial charge >= 0.3 is 0 Å². The molecular formula is C8H18N2O2S. The third kappa shape index (κ3) is 5.36. The van der Waals surface area contributed by atoms with Crippen molar-refractivity contribution in [1.29, 1.82) is 0 Å². The van der Waals surface area contributed by atoms with Gasteiger partial charge in [-0.15, -0.1) is 0 Å². The molecule has 0 aromatic rings. The molecule has 0 bridgehead atoms. The second-order valence-corrected chi connectivity index (χ2v) is 4.49. The van der Waals surface area contributed by atoms with Crippen LogP contribution in [0.1, 0.15) is 12.8 Å². The lowest BCUT2D eigenvalue weighted by atomic mass is 10.00. The molecule has 1 heterocycles. The van der Waals surface area contributed by atoms with Crippen molar-refractivity contribution in [3.05, 3.63) is 0 Å². The van der Waals surface area contributed by atoms with Crippen LogP contribution >= 0.6 is 0 Å². The van der Waals surface area contributed by atoms with E-state index in [9.17, 15) is 4.21 Å². The topological polar surface area (TPSA) is 61.4 Å². The van der Waals surface area contributed by atoms with Gasteiger partial charge in [-0.3, -0.25) is 0 Å². The summed E-state index contributed by atoms with van der Waals surface area (Å²) in [5.41, 5.74) is 0. The number of hydrogen-bond acceptors (Lipinski definition) is 3. The fraction of sp³-hybridized carbons (Fsp3) is 1.00. The van der Waals surface area contributed by atoms with Crippen molar-refractivity contribution >= 4 is 11.1 Å². The highest BCUT2D eigenvalue weighted by Gasteiger charge is 2.11. The van der Waals surface area contributed by atoms with Crippen molar-refractivity contribution in [3.8, 4) is 0 Å². The van der Waals surface area contributed by atoms with Gasteiger partial charge in [0, 0.05) is 6.54 Å². The van der Waals surface area contributed by atoms with Crippen LogP contribution in [0.3, 0.4) is 0 Å². The Balaban J connectivity index is 1.95. The van der Waals surface area contributed by atoms with Crippen molar-refractivity contribution in [2.24, 2.45) is 5.92 Å². The van der Waals surface area contributed by atoms with Crippen LogP contribution in [0.15, 0.2) is 0 Å². The van der Waals surface area contributed by atoms with E-state index in [0.29, 0.717) is 18.2 Å². The SMILES string of the molecule is O=S(O)CCNCC1CCCNC1. The Morgan fingerprint density at radius 2 is 2.46 bits per heavy atom. The first-order valence-corrected chi connectivity index (χ1v) is 6.05. The van der Waals surface area contributed by atoms with Crippen molar-refractivity contribution in [3.63, 3.8) is 0 Å². The lowest BCUT2D eigenvalue weighted by molar-refractivity contribution is 0.363. The number of piperidine rings is 1. The maximum Gasteiger partial charge on any atom is 0.154 e. The minimum Gasteiger partial charge on any atom is -0.316 e. The van der Waals surface area contributed by atoms with Crippen molar-refractivity contribution in [2.45, 2.75) is 12.8 Å². The molecular weight excluding hydrogens is 188 g/mol. The monoisotopic (exact) mass is 206 g/mol. The van der Waals surface area contributed by atoms with E-state index in [1.807, 2.05) is 0 Å². The zero-order valence-corrected chi connectivity index (χ0v) is 8.61. The minimum absolute atomic E-state index is 0.333. The molecule has 1 rings (SSSR count). The van der Waals surface area contributed by atoms with Gasteiger partial charge < -0.3 is 15.2 Å². The predicted octanol–water partition coefficient (Wildman–Crippen LogP) is -0.203. The lowest BCUT2D eigenvalue weighted by Crippen LogP contribution is -2.37. The molecule has 0 spiro atoms. The van der Waals surface area contributed by atoms with Gasteiger partial charge in [0.25, 0.3) is 0 Å². The summed E-state index contributed by atoms with van der Waals surface area (Å²) in [5, 5.41) is 6.53. The highest BCUT2D eigenvalue weighted by Crippen LogP contribution is 2.07. The van der Waals surface area contributed by atoms with Gasteiger partial charge in [-0.05, 0) is 38.4 Å². The maximum atomic E-state index is 10.3. The van der Waals surface area contributed by atoms with Gasteiger partial charge in [0.05, 0.1) is 5.75 Å². The van der Waals surface area contributed by atoms with E-state index in [4.69, 9.17) is 4.55 Å². The smallest absolute Gasteiger partial charge is 0.154 e. The summed E-state index contributed by atoms with van der Waals surface area (Å²) >= 11 is -1.65. The van der Waals surface area contributed by atoms with Gasteiger partial charge in [-0.25, -0.2) is 4.21 Å². The summed E-state index contributed by atoms with van der Waals surface area (Å²) in [4.78, 5) is 0. The van der Waals surface area contributed by atoms with E-state index in [0.717, 1.165) is 19.6 Å². The molecule has 1 fully saturated rings. The first-order chi connectivity index (χ1) is 6.29. The van der Waals surface area contributed by atoms with Crippen LogP contribution in [0.4, 0.5) is 0 Å². The normalized spacial score (nSPS) is 25.8. The van der Waals surface area contributed by atoms with Crippen molar-refractivity contribution in [2.75, 3.05) is 31.9 Å². The van der Waals surface area contributed by atoms with Crippen LogP contribution in [0.5, 0.6) is 0 Å². The predicted molar refractivity (Wildman–Crippen MR) is 54.1 cm³/mol. The third-order valence-electron chi connectivity index (χ3n) is 2.29. The first-order valence-electron chi connectivity index (χ1n) is 4.78. The first kappa shape index (κ1) is 11.1. The van der Waals surface area contributed by atoms with E-state index < -0.39 is 11.1 Å². The Morgan fingerprint density at radius 1 is 1.62 bits per heavy atom. The fourth-order valence-corrected chi connectivity index (χ4v) is 1.88. The zero-order chi connectivity index (χ0) is 9.52. The van der Waals surface area contributed by atoms with Crippen LogP contribution in [-0.2, 0) is 11.1 Å². The minimum atomic E-state index is -1.65. The Morgan fingerprint density at radius 3 is 3.08 bits per heavy atom. The zero-order valence-electron chi connectivity index (χ0n) is 7.79. The molecule has 3 N–H and O–H groups in total. The molecule has 13 heavy (non-hydrogen) atoms. The van der Waals surface area contributed by atoms with E-state index in [1.165, 1.54) is 12.8 Å². The Kier molecular flexibility index (Phi) is 5.54. The number of nitrogens with one attached hydrogen (secondary N) is 2. The van der Waals surface area contributed by atoms with Crippen LogP contribution < -0.4 is 10.6 Å². The van der Waals surface area contributed by atoms with Crippen LogP contribution in [-0.4, -0.2) is 40.7 Å².